The van der Waals surface area contributed by atoms with Crippen LogP contribution in [-0.4, -0.2) is 53.6 Å². The topological polar surface area (TPSA) is 85.7 Å². The molecule has 186 valence electrons. The molecule has 0 aliphatic rings. The van der Waals surface area contributed by atoms with Crippen LogP contribution in [0, 0.1) is 11.8 Å². The predicted octanol–water partition coefficient (Wildman–Crippen LogP) is 4.64. The van der Waals surface area contributed by atoms with Gasteiger partial charge < -0.3 is 14.4 Å². The van der Waals surface area contributed by atoms with Crippen LogP contribution in [0.1, 0.15) is 27.7 Å². The van der Waals surface area contributed by atoms with Crippen LogP contribution in [-0.2, 0) is 9.59 Å². The molecule has 0 saturated heterocycles. The van der Waals surface area contributed by atoms with E-state index in [1.54, 1.807) is 19.1 Å². The first-order valence-corrected chi connectivity index (χ1v) is 11.7. The van der Waals surface area contributed by atoms with Crippen molar-refractivity contribution in [2.75, 3.05) is 32.6 Å². The van der Waals surface area contributed by atoms with Crippen LogP contribution >= 0.6 is 0 Å². The number of carbonyl (C=O) groups excluding carboxylic acids is 2. The van der Waals surface area contributed by atoms with Gasteiger partial charge in [0.1, 0.15) is 11.5 Å². The van der Waals surface area contributed by atoms with E-state index >= 15 is 0 Å². The number of hydrogen-bond acceptors (Lipinski definition) is 5. The van der Waals surface area contributed by atoms with E-state index in [2.05, 4.69) is 5.32 Å². The monoisotopic (exact) mass is 478 g/mol. The molecular formula is C27H34N4O4. The number of ether oxygens (including phenoxy) is 2. The van der Waals surface area contributed by atoms with Gasteiger partial charge in [0.05, 0.1) is 26.5 Å². The van der Waals surface area contributed by atoms with E-state index in [1.165, 1.54) is 0 Å². The number of amides is 2. The molecule has 1 heterocycles. The van der Waals surface area contributed by atoms with E-state index in [9.17, 15) is 9.59 Å². The molecule has 0 aliphatic heterocycles. The standard InChI is InChI=1S/C27H34N4O4/c1-18(2)15-30(26(33)19(3)4)17-25(32)29-27-28-24(20-8-7-9-23(14-20)35-6)16-31(27)21-10-12-22(34-5)13-11-21/h7-14,16,18-19H,15,17H2,1-6H3,(H,28,29,32). The highest BCUT2D eigenvalue weighted by Gasteiger charge is 2.22. The van der Waals surface area contributed by atoms with Gasteiger partial charge in [0.2, 0.25) is 17.8 Å². The summed E-state index contributed by atoms with van der Waals surface area (Å²) in [5, 5.41) is 2.91. The third-order valence-corrected chi connectivity index (χ3v) is 5.40. The molecule has 0 radical (unpaired) electrons. The summed E-state index contributed by atoms with van der Waals surface area (Å²) in [6.45, 7) is 8.19. The van der Waals surface area contributed by atoms with Gasteiger partial charge in [-0.25, -0.2) is 4.98 Å². The van der Waals surface area contributed by atoms with Gasteiger partial charge in [-0.1, -0.05) is 39.8 Å². The minimum Gasteiger partial charge on any atom is -0.497 e. The maximum absolute atomic E-state index is 13.1. The lowest BCUT2D eigenvalue weighted by Gasteiger charge is -2.25. The molecule has 2 aromatic carbocycles. The second-order valence-electron chi connectivity index (χ2n) is 9.07. The number of aromatic nitrogens is 2. The zero-order valence-corrected chi connectivity index (χ0v) is 21.2. The summed E-state index contributed by atoms with van der Waals surface area (Å²) in [6, 6.07) is 15.0. The van der Waals surface area contributed by atoms with Crippen LogP contribution < -0.4 is 14.8 Å². The minimum atomic E-state index is -0.308. The Morgan fingerprint density at radius 1 is 1.00 bits per heavy atom. The van der Waals surface area contributed by atoms with Gasteiger partial charge >= 0.3 is 0 Å². The molecule has 0 bridgehead atoms. The molecule has 0 spiro atoms. The largest absolute Gasteiger partial charge is 0.497 e. The van der Waals surface area contributed by atoms with E-state index in [-0.39, 0.29) is 30.2 Å². The van der Waals surface area contributed by atoms with Crippen molar-refractivity contribution in [2.45, 2.75) is 27.7 Å². The maximum atomic E-state index is 13.1. The number of rotatable bonds is 10. The summed E-state index contributed by atoms with van der Waals surface area (Å²) in [5.74, 6) is 1.49. The van der Waals surface area contributed by atoms with Crippen molar-refractivity contribution >= 4 is 17.8 Å². The zero-order valence-electron chi connectivity index (χ0n) is 21.2. The molecular weight excluding hydrogens is 444 g/mol. The SMILES string of the molecule is COc1ccc(-n2cc(-c3cccc(OC)c3)nc2NC(=O)CN(CC(C)C)C(=O)C(C)C)cc1. The van der Waals surface area contributed by atoms with Gasteiger partial charge in [0.15, 0.2) is 0 Å². The lowest BCUT2D eigenvalue weighted by Crippen LogP contribution is -2.42. The average molecular weight is 479 g/mol. The van der Waals surface area contributed by atoms with Gasteiger partial charge in [0.25, 0.3) is 0 Å². The van der Waals surface area contributed by atoms with E-state index in [4.69, 9.17) is 14.5 Å². The fourth-order valence-corrected chi connectivity index (χ4v) is 3.71. The number of benzene rings is 2. The molecule has 3 rings (SSSR count). The van der Waals surface area contributed by atoms with Crippen LogP contribution in [0.4, 0.5) is 5.95 Å². The van der Waals surface area contributed by atoms with Crippen molar-refractivity contribution in [3.63, 3.8) is 0 Å². The first-order valence-electron chi connectivity index (χ1n) is 11.7. The number of imidazole rings is 1. The number of hydrogen-bond donors (Lipinski definition) is 1. The van der Waals surface area contributed by atoms with Crippen molar-refractivity contribution < 1.29 is 19.1 Å². The highest BCUT2D eigenvalue weighted by Crippen LogP contribution is 2.27. The molecule has 0 saturated carbocycles. The summed E-state index contributed by atoms with van der Waals surface area (Å²) in [4.78, 5) is 32.0. The Bertz CT molecular complexity index is 1150. The summed E-state index contributed by atoms with van der Waals surface area (Å²) < 4.78 is 12.4. The summed E-state index contributed by atoms with van der Waals surface area (Å²) in [5.41, 5.74) is 2.33. The minimum absolute atomic E-state index is 0.0425. The van der Waals surface area contributed by atoms with Crippen molar-refractivity contribution in [3.05, 3.63) is 54.7 Å². The maximum Gasteiger partial charge on any atom is 0.246 e. The zero-order chi connectivity index (χ0) is 25.5. The average Bonchev–Trinajstić information content (AvgIpc) is 3.26. The number of methoxy groups -OCH3 is 2. The van der Waals surface area contributed by atoms with Gasteiger partial charge in [-0.15, -0.1) is 0 Å². The smallest absolute Gasteiger partial charge is 0.246 e. The third kappa shape index (κ3) is 6.62. The van der Waals surface area contributed by atoms with Crippen molar-refractivity contribution in [2.24, 2.45) is 11.8 Å². The Hall–Kier alpha value is -3.81. The van der Waals surface area contributed by atoms with Crippen LogP contribution in [0.3, 0.4) is 0 Å². The second-order valence-corrected chi connectivity index (χ2v) is 9.07. The highest BCUT2D eigenvalue weighted by molar-refractivity contribution is 5.94. The predicted molar refractivity (Wildman–Crippen MR) is 137 cm³/mol. The first-order chi connectivity index (χ1) is 16.7. The molecule has 0 aliphatic carbocycles. The molecule has 1 aromatic heterocycles. The molecule has 1 N–H and O–H groups in total. The number of nitrogens with zero attached hydrogens (tertiary/aromatic N) is 3. The van der Waals surface area contributed by atoms with E-state index in [0.717, 1.165) is 17.0 Å². The molecule has 8 nitrogen and oxygen atoms in total. The third-order valence-electron chi connectivity index (χ3n) is 5.40. The lowest BCUT2D eigenvalue weighted by atomic mass is 10.1. The van der Waals surface area contributed by atoms with Crippen LogP contribution in [0.2, 0.25) is 0 Å². The van der Waals surface area contributed by atoms with Crippen LogP contribution in [0.15, 0.2) is 54.7 Å². The summed E-state index contributed by atoms with van der Waals surface area (Å²) in [7, 11) is 3.22. The quantitative estimate of drug-likeness (QED) is 0.459. The fraction of sp³-hybridized carbons (Fsp3) is 0.370. The highest BCUT2D eigenvalue weighted by atomic mass is 16.5. The Kier molecular flexibility index (Phi) is 8.52. The second kappa shape index (κ2) is 11.6. The number of carbonyl (C=O) groups is 2. The Morgan fingerprint density at radius 3 is 2.29 bits per heavy atom. The van der Waals surface area contributed by atoms with Gasteiger partial charge in [0, 0.05) is 29.9 Å². The van der Waals surface area contributed by atoms with E-state index < -0.39 is 0 Å². The molecule has 0 atom stereocenters. The molecule has 35 heavy (non-hydrogen) atoms. The van der Waals surface area contributed by atoms with Crippen LogP contribution in [0.25, 0.3) is 16.9 Å². The Labute approximate surface area is 206 Å². The summed E-state index contributed by atoms with van der Waals surface area (Å²) in [6.07, 6.45) is 1.86. The van der Waals surface area contributed by atoms with E-state index in [1.807, 2.05) is 87.0 Å². The van der Waals surface area contributed by atoms with Crippen molar-refractivity contribution in [1.82, 2.24) is 14.5 Å². The molecule has 3 aromatic rings. The van der Waals surface area contributed by atoms with Crippen LogP contribution in [0.5, 0.6) is 11.5 Å². The van der Waals surface area contributed by atoms with Gasteiger partial charge in [-0.05, 0) is 42.3 Å². The fourth-order valence-electron chi connectivity index (χ4n) is 3.71. The molecule has 0 unspecified atom stereocenters. The van der Waals surface area contributed by atoms with Crippen molar-refractivity contribution in [3.8, 4) is 28.4 Å². The molecule has 0 fully saturated rings. The van der Waals surface area contributed by atoms with Gasteiger partial charge in [-0.3, -0.25) is 19.5 Å². The number of anilines is 1. The van der Waals surface area contributed by atoms with E-state index in [0.29, 0.717) is 23.9 Å². The van der Waals surface area contributed by atoms with Gasteiger partial charge in [-0.2, -0.15) is 0 Å². The Morgan fingerprint density at radius 2 is 1.69 bits per heavy atom. The Balaban J connectivity index is 1.94. The lowest BCUT2D eigenvalue weighted by molar-refractivity contribution is -0.138. The number of nitrogens with one attached hydrogen (secondary N) is 1. The first kappa shape index (κ1) is 25.8. The van der Waals surface area contributed by atoms with Crippen molar-refractivity contribution in [1.29, 1.82) is 0 Å². The normalized spacial score (nSPS) is 11.0. The molecule has 2 amide bonds. The molecule has 8 heteroatoms. The summed E-state index contributed by atoms with van der Waals surface area (Å²) >= 11 is 0.